The minimum atomic E-state index is -0.520. The predicted molar refractivity (Wildman–Crippen MR) is 85.2 cm³/mol. The number of nitrogens with zero attached hydrogens (tertiary/aromatic N) is 1. The largest absolute Gasteiger partial charge is 0.372 e. The van der Waals surface area contributed by atoms with E-state index in [4.69, 9.17) is 10.5 Å². The van der Waals surface area contributed by atoms with Crippen LogP contribution in [0.4, 0.5) is 0 Å². The minimum absolute atomic E-state index is 0.294. The number of rotatable bonds is 5. The molecule has 2 aromatic carbocycles. The topological polar surface area (TPSA) is 65.2 Å². The zero-order valence-electron chi connectivity index (χ0n) is 12.0. The zero-order chi connectivity index (χ0) is 15.4. The third kappa shape index (κ3) is 2.97. The summed E-state index contributed by atoms with van der Waals surface area (Å²) < 4.78 is 5.78. The summed E-state index contributed by atoms with van der Waals surface area (Å²) in [5.74, 6) is -0.520. The van der Waals surface area contributed by atoms with Gasteiger partial charge in [0, 0.05) is 11.6 Å². The molecule has 22 heavy (non-hydrogen) atoms. The number of aromatic nitrogens is 1. The first-order valence-corrected chi connectivity index (χ1v) is 7.04. The Bertz CT molecular complexity index is 801. The second-order valence-corrected chi connectivity index (χ2v) is 5.01. The lowest BCUT2D eigenvalue weighted by Crippen LogP contribution is -2.13. The molecule has 0 spiro atoms. The molecule has 0 radical (unpaired) electrons. The van der Waals surface area contributed by atoms with Gasteiger partial charge in [0.05, 0.1) is 13.2 Å². The standard InChI is InChI=1S/C18H16N2O2/c19-18(21)17-16-8-4-7-14(15(16)9-10-20-17)12-22-11-13-5-2-1-3-6-13/h1-10H,11-12H2,(H2,19,21). The summed E-state index contributed by atoms with van der Waals surface area (Å²) in [6.07, 6.45) is 1.60. The molecular formula is C18H16N2O2. The first kappa shape index (κ1) is 14.2. The molecule has 0 saturated heterocycles. The van der Waals surface area contributed by atoms with Crippen LogP contribution in [0.15, 0.2) is 60.8 Å². The van der Waals surface area contributed by atoms with Crippen LogP contribution in [-0.2, 0) is 18.0 Å². The predicted octanol–water partition coefficient (Wildman–Crippen LogP) is 3.05. The van der Waals surface area contributed by atoms with Gasteiger partial charge in [0.25, 0.3) is 5.91 Å². The Kier molecular flexibility index (Phi) is 4.12. The molecule has 2 N–H and O–H groups in total. The molecule has 0 aliphatic heterocycles. The van der Waals surface area contributed by atoms with Crippen molar-refractivity contribution in [3.05, 3.63) is 77.6 Å². The number of hydrogen-bond acceptors (Lipinski definition) is 3. The van der Waals surface area contributed by atoms with Gasteiger partial charge in [-0.2, -0.15) is 0 Å². The quantitative estimate of drug-likeness (QED) is 0.786. The SMILES string of the molecule is NC(=O)c1nccc2c(COCc3ccccc3)cccc12. The molecule has 110 valence electrons. The Morgan fingerprint density at radius 1 is 0.955 bits per heavy atom. The molecule has 0 saturated carbocycles. The van der Waals surface area contributed by atoms with Crippen LogP contribution in [0.3, 0.4) is 0 Å². The molecule has 0 aliphatic rings. The zero-order valence-corrected chi connectivity index (χ0v) is 12.0. The lowest BCUT2D eigenvalue weighted by atomic mass is 10.0. The van der Waals surface area contributed by atoms with Crippen molar-refractivity contribution in [2.75, 3.05) is 0 Å². The fraction of sp³-hybridized carbons (Fsp3) is 0.111. The van der Waals surface area contributed by atoms with Gasteiger partial charge in [-0.15, -0.1) is 0 Å². The van der Waals surface area contributed by atoms with E-state index in [1.807, 2.05) is 54.6 Å². The fourth-order valence-corrected chi connectivity index (χ4v) is 2.45. The molecule has 0 aliphatic carbocycles. The van der Waals surface area contributed by atoms with E-state index in [1.165, 1.54) is 0 Å². The van der Waals surface area contributed by atoms with E-state index in [0.717, 1.165) is 21.9 Å². The van der Waals surface area contributed by atoms with Gasteiger partial charge < -0.3 is 10.5 Å². The van der Waals surface area contributed by atoms with Crippen molar-refractivity contribution in [1.82, 2.24) is 4.98 Å². The van der Waals surface area contributed by atoms with Crippen molar-refractivity contribution in [2.24, 2.45) is 5.73 Å². The smallest absolute Gasteiger partial charge is 0.267 e. The summed E-state index contributed by atoms with van der Waals surface area (Å²) in [6, 6.07) is 17.6. The number of pyridine rings is 1. The van der Waals surface area contributed by atoms with Crippen molar-refractivity contribution in [1.29, 1.82) is 0 Å². The average molecular weight is 292 g/mol. The molecule has 3 aromatic rings. The summed E-state index contributed by atoms with van der Waals surface area (Å²) in [4.78, 5) is 15.5. The van der Waals surface area contributed by atoms with Crippen molar-refractivity contribution in [2.45, 2.75) is 13.2 Å². The minimum Gasteiger partial charge on any atom is -0.372 e. The van der Waals surface area contributed by atoms with Crippen LogP contribution < -0.4 is 5.73 Å². The molecule has 1 amide bonds. The van der Waals surface area contributed by atoms with Gasteiger partial charge in [0.2, 0.25) is 0 Å². The van der Waals surface area contributed by atoms with E-state index >= 15 is 0 Å². The normalized spacial score (nSPS) is 10.7. The van der Waals surface area contributed by atoms with E-state index in [1.54, 1.807) is 6.20 Å². The molecule has 0 bridgehead atoms. The highest BCUT2D eigenvalue weighted by Gasteiger charge is 2.10. The van der Waals surface area contributed by atoms with E-state index in [-0.39, 0.29) is 0 Å². The second-order valence-electron chi connectivity index (χ2n) is 5.01. The molecule has 1 heterocycles. The Labute approximate surface area is 128 Å². The molecule has 1 aromatic heterocycles. The van der Waals surface area contributed by atoms with Gasteiger partial charge in [-0.25, -0.2) is 0 Å². The van der Waals surface area contributed by atoms with Gasteiger partial charge in [0.1, 0.15) is 5.69 Å². The van der Waals surface area contributed by atoms with Crippen LogP contribution >= 0.6 is 0 Å². The van der Waals surface area contributed by atoms with Gasteiger partial charge in [0.15, 0.2) is 0 Å². The number of nitrogens with two attached hydrogens (primary N) is 1. The lowest BCUT2D eigenvalue weighted by molar-refractivity contribution is 0.0997. The Morgan fingerprint density at radius 2 is 1.77 bits per heavy atom. The Morgan fingerprint density at radius 3 is 2.55 bits per heavy atom. The number of carbonyl (C=O) groups is 1. The van der Waals surface area contributed by atoms with E-state index < -0.39 is 5.91 Å². The summed E-state index contributed by atoms with van der Waals surface area (Å²) in [5.41, 5.74) is 7.81. The number of amides is 1. The van der Waals surface area contributed by atoms with Crippen LogP contribution in [0.1, 0.15) is 21.6 Å². The Hall–Kier alpha value is -2.72. The monoisotopic (exact) mass is 292 g/mol. The molecule has 0 atom stereocenters. The van der Waals surface area contributed by atoms with Gasteiger partial charge in [-0.05, 0) is 22.6 Å². The summed E-state index contributed by atoms with van der Waals surface area (Å²) >= 11 is 0. The van der Waals surface area contributed by atoms with Crippen LogP contribution in [0.5, 0.6) is 0 Å². The number of carbonyl (C=O) groups excluding carboxylic acids is 1. The number of benzene rings is 2. The number of fused-ring (bicyclic) bond motifs is 1. The molecular weight excluding hydrogens is 276 g/mol. The molecule has 3 rings (SSSR count). The van der Waals surface area contributed by atoms with Crippen LogP contribution in [-0.4, -0.2) is 10.9 Å². The highest BCUT2D eigenvalue weighted by molar-refractivity contribution is 6.05. The van der Waals surface area contributed by atoms with Crippen molar-refractivity contribution in [3.8, 4) is 0 Å². The number of hydrogen-bond donors (Lipinski definition) is 1. The number of ether oxygens (including phenoxy) is 1. The molecule has 0 unspecified atom stereocenters. The van der Waals surface area contributed by atoms with Gasteiger partial charge >= 0.3 is 0 Å². The van der Waals surface area contributed by atoms with Crippen LogP contribution in [0, 0.1) is 0 Å². The average Bonchev–Trinajstić information content (AvgIpc) is 2.55. The van der Waals surface area contributed by atoms with Gasteiger partial charge in [-0.3, -0.25) is 9.78 Å². The first-order chi connectivity index (χ1) is 10.8. The van der Waals surface area contributed by atoms with Crippen molar-refractivity contribution < 1.29 is 9.53 Å². The summed E-state index contributed by atoms with van der Waals surface area (Å²) in [5, 5.41) is 1.70. The van der Waals surface area contributed by atoms with Crippen molar-refractivity contribution in [3.63, 3.8) is 0 Å². The molecule has 0 fully saturated rings. The highest BCUT2D eigenvalue weighted by atomic mass is 16.5. The molecule has 4 heteroatoms. The fourth-order valence-electron chi connectivity index (χ4n) is 2.45. The lowest BCUT2D eigenvalue weighted by Gasteiger charge is -2.09. The Balaban J connectivity index is 1.82. The van der Waals surface area contributed by atoms with E-state index in [9.17, 15) is 4.79 Å². The van der Waals surface area contributed by atoms with E-state index in [0.29, 0.717) is 18.9 Å². The number of primary amides is 1. The van der Waals surface area contributed by atoms with Crippen LogP contribution in [0.2, 0.25) is 0 Å². The highest BCUT2D eigenvalue weighted by Crippen LogP contribution is 2.21. The maximum atomic E-state index is 11.5. The maximum absolute atomic E-state index is 11.5. The third-order valence-corrected chi connectivity index (χ3v) is 3.50. The molecule has 4 nitrogen and oxygen atoms in total. The summed E-state index contributed by atoms with van der Waals surface area (Å²) in [7, 11) is 0. The maximum Gasteiger partial charge on any atom is 0.267 e. The van der Waals surface area contributed by atoms with Crippen molar-refractivity contribution >= 4 is 16.7 Å². The first-order valence-electron chi connectivity index (χ1n) is 7.04. The summed E-state index contributed by atoms with van der Waals surface area (Å²) in [6.45, 7) is 1.01. The third-order valence-electron chi connectivity index (χ3n) is 3.50. The van der Waals surface area contributed by atoms with Crippen LogP contribution in [0.25, 0.3) is 10.8 Å². The van der Waals surface area contributed by atoms with Gasteiger partial charge in [-0.1, -0.05) is 48.5 Å². The second kappa shape index (κ2) is 6.37. The van der Waals surface area contributed by atoms with E-state index in [2.05, 4.69) is 4.98 Å².